The molecular formula is C24H24F2N2O3. The van der Waals surface area contributed by atoms with Crippen LogP contribution in [0.5, 0.6) is 5.75 Å². The molecule has 0 radical (unpaired) electrons. The normalized spacial score (nSPS) is 11.0. The third-order valence-electron chi connectivity index (χ3n) is 4.77. The molecule has 3 rings (SSSR count). The second-order valence-corrected chi connectivity index (χ2v) is 7.72. The largest absolute Gasteiger partial charge is 0.491 e. The molecule has 162 valence electrons. The molecule has 0 saturated heterocycles. The summed E-state index contributed by atoms with van der Waals surface area (Å²) in [4.78, 5) is 20.0. The Bertz CT molecular complexity index is 1060. The lowest BCUT2D eigenvalue weighted by atomic mass is 10.0. The number of carbonyl (C=O) groups is 1. The van der Waals surface area contributed by atoms with E-state index in [2.05, 4.69) is 18.8 Å². The molecule has 0 saturated carbocycles. The number of aromatic nitrogens is 2. The van der Waals surface area contributed by atoms with E-state index in [9.17, 15) is 13.6 Å². The van der Waals surface area contributed by atoms with E-state index in [1.54, 1.807) is 6.20 Å². The van der Waals surface area contributed by atoms with Gasteiger partial charge in [-0.25, -0.2) is 13.8 Å². The summed E-state index contributed by atoms with van der Waals surface area (Å²) in [6, 6.07) is 9.65. The highest BCUT2D eigenvalue weighted by Crippen LogP contribution is 2.33. The smallest absolute Gasteiger partial charge is 0.303 e. The molecule has 0 aliphatic rings. The Morgan fingerprint density at radius 2 is 1.71 bits per heavy atom. The van der Waals surface area contributed by atoms with E-state index in [1.165, 1.54) is 19.2 Å². The maximum atomic E-state index is 14.3. The summed E-state index contributed by atoms with van der Waals surface area (Å²) in [7, 11) is 1.21. The van der Waals surface area contributed by atoms with E-state index < -0.39 is 23.4 Å². The van der Waals surface area contributed by atoms with E-state index in [-0.39, 0.29) is 12.0 Å². The molecule has 0 bridgehead atoms. The zero-order valence-electron chi connectivity index (χ0n) is 17.7. The van der Waals surface area contributed by atoms with E-state index in [0.717, 1.165) is 16.8 Å². The van der Waals surface area contributed by atoms with Gasteiger partial charge in [0, 0.05) is 23.7 Å². The number of hydrogen-bond donors (Lipinski definition) is 1. The summed E-state index contributed by atoms with van der Waals surface area (Å²) in [5, 5.41) is 8.87. The Kier molecular flexibility index (Phi) is 6.95. The first kappa shape index (κ1) is 22.3. The fraction of sp³-hybridized carbons (Fsp3) is 0.292. The van der Waals surface area contributed by atoms with Gasteiger partial charge in [0.1, 0.15) is 0 Å². The highest BCUT2D eigenvalue weighted by atomic mass is 19.1. The molecule has 0 unspecified atom stereocenters. The lowest BCUT2D eigenvalue weighted by molar-refractivity contribution is -0.136. The van der Waals surface area contributed by atoms with Crippen molar-refractivity contribution in [2.75, 3.05) is 7.11 Å². The van der Waals surface area contributed by atoms with Gasteiger partial charge in [0.2, 0.25) is 0 Å². The lowest BCUT2D eigenvalue weighted by Crippen LogP contribution is -2.03. The molecule has 0 aliphatic carbocycles. The second-order valence-electron chi connectivity index (χ2n) is 7.72. The van der Waals surface area contributed by atoms with Crippen molar-refractivity contribution in [2.45, 2.75) is 33.1 Å². The fourth-order valence-corrected chi connectivity index (χ4v) is 3.33. The molecule has 0 aliphatic heterocycles. The minimum atomic E-state index is -0.859. The van der Waals surface area contributed by atoms with Crippen LogP contribution in [0.2, 0.25) is 0 Å². The summed E-state index contributed by atoms with van der Waals surface area (Å²) in [5.74, 6) is -2.58. The van der Waals surface area contributed by atoms with Crippen LogP contribution in [0.3, 0.4) is 0 Å². The zero-order chi connectivity index (χ0) is 22.5. The average Bonchev–Trinajstić information content (AvgIpc) is 2.72. The van der Waals surface area contributed by atoms with Gasteiger partial charge in [-0.3, -0.25) is 9.78 Å². The Morgan fingerprint density at radius 1 is 1.06 bits per heavy atom. The van der Waals surface area contributed by atoms with Crippen LogP contribution >= 0.6 is 0 Å². The van der Waals surface area contributed by atoms with Crippen molar-refractivity contribution in [3.63, 3.8) is 0 Å². The number of ether oxygens (including phenoxy) is 1. The quantitative estimate of drug-likeness (QED) is 0.528. The second kappa shape index (κ2) is 9.64. The van der Waals surface area contributed by atoms with Crippen molar-refractivity contribution in [1.29, 1.82) is 0 Å². The SMILES string of the molecule is COc1c(F)cc(-c2ncc(CC(C)C)nc2-c2ccc(CCC(=O)O)cc2)cc1F. The van der Waals surface area contributed by atoms with Crippen LogP contribution in [-0.4, -0.2) is 28.2 Å². The summed E-state index contributed by atoms with van der Waals surface area (Å²) in [5.41, 5.74) is 3.49. The lowest BCUT2D eigenvalue weighted by Gasteiger charge is -2.13. The van der Waals surface area contributed by atoms with Gasteiger partial charge in [-0.15, -0.1) is 0 Å². The Balaban J connectivity index is 2.08. The first-order valence-electron chi connectivity index (χ1n) is 9.99. The highest BCUT2D eigenvalue weighted by Gasteiger charge is 2.18. The van der Waals surface area contributed by atoms with Crippen LogP contribution in [0.25, 0.3) is 22.5 Å². The number of hydrogen-bond acceptors (Lipinski definition) is 4. The molecule has 0 amide bonds. The van der Waals surface area contributed by atoms with Gasteiger partial charge < -0.3 is 9.84 Å². The van der Waals surface area contributed by atoms with Gasteiger partial charge in [-0.1, -0.05) is 38.1 Å². The minimum Gasteiger partial charge on any atom is -0.491 e. The minimum absolute atomic E-state index is 0.0404. The Hall–Kier alpha value is -3.35. The molecule has 1 heterocycles. The number of benzene rings is 2. The predicted octanol–water partition coefficient (Wildman–Crippen LogP) is 5.31. The Labute approximate surface area is 179 Å². The molecule has 3 aromatic rings. The van der Waals surface area contributed by atoms with Crippen LogP contribution in [0, 0.1) is 17.6 Å². The summed E-state index contributed by atoms with van der Waals surface area (Å²) < 4.78 is 33.4. The van der Waals surface area contributed by atoms with Crippen molar-refractivity contribution >= 4 is 5.97 Å². The fourth-order valence-electron chi connectivity index (χ4n) is 3.33. The topological polar surface area (TPSA) is 72.3 Å². The average molecular weight is 426 g/mol. The third-order valence-corrected chi connectivity index (χ3v) is 4.77. The highest BCUT2D eigenvalue weighted by molar-refractivity contribution is 5.78. The van der Waals surface area contributed by atoms with E-state index in [0.29, 0.717) is 30.1 Å². The number of rotatable bonds is 8. The van der Waals surface area contributed by atoms with Gasteiger partial charge >= 0.3 is 5.97 Å². The van der Waals surface area contributed by atoms with Crippen molar-refractivity contribution in [2.24, 2.45) is 5.92 Å². The van der Waals surface area contributed by atoms with Crippen LogP contribution < -0.4 is 4.74 Å². The number of carboxylic acid groups (broad SMARTS) is 1. The van der Waals surface area contributed by atoms with Crippen molar-refractivity contribution in [3.8, 4) is 28.3 Å². The number of aliphatic carboxylic acids is 1. The van der Waals surface area contributed by atoms with Crippen molar-refractivity contribution < 1.29 is 23.4 Å². The van der Waals surface area contributed by atoms with Crippen molar-refractivity contribution in [3.05, 3.63) is 65.5 Å². The molecule has 0 spiro atoms. The molecule has 2 aromatic carbocycles. The van der Waals surface area contributed by atoms with Crippen LogP contribution in [0.4, 0.5) is 8.78 Å². The third kappa shape index (κ3) is 5.42. The number of methoxy groups -OCH3 is 1. The molecule has 7 heteroatoms. The maximum absolute atomic E-state index is 14.3. The van der Waals surface area contributed by atoms with Gasteiger partial charge in [0.25, 0.3) is 0 Å². The monoisotopic (exact) mass is 426 g/mol. The van der Waals surface area contributed by atoms with Gasteiger partial charge in [-0.2, -0.15) is 0 Å². The number of carboxylic acids is 1. The number of nitrogens with zero attached hydrogens (tertiary/aromatic N) is 2. The first-order valence-corrected chi connectivity index (χ1v) is 9.99. The molecule has 5 nitrogen and oxygen atoms in total. The summed E-state index contributed by atoms with van der Waals surface area (Å²) >= 11 is 0. The van der Waals surface area contributed by atoms with E-state index in [4.69, 9.17) is 14.8 Å². The van der Waals surface area contributed by atoms with Gasteiger partial charge in [0.15, 0.2) is 17.4 Å². The predicted molar refractivity (Wildman–Crippen MR) is 114 cm³/mol. The van der Waals surface area contributed by atoms with E-state index in [1.807, 2.05) is 24.3 Å². The summed E-state index contributed by atoms with van der Waals surface area (Å²) in [6.07, 6.45) is 2.79. The zero-order valence-corrected chi connectivity index (χ0v) is 17.7. The van der Waals surface area contributed by atoms with Crippen LogP contribution in [-0.2, 0) is 17.6 Å². The molecule has 0 atom stereocenters. The van der Waals surface area contributed by atoms with Crippen molar-refractivity contribution in [1.82, 2.24) is 9.97 Å². The Morgan fingerprint density at radius 3 is 2.26 bits per heavy atom. The molecular weight excluding hydrogens is 402 g/mol. The number of aryl methyl sites for hydroxylation is 1. The molecule has 31 heavy (non-hydrogen) atoms. The van der Waals surface area contributed by atoms with Gasteiger partial charge in [0.05, 0.1) is 24.2 Å². The number of halogens is 2. The van der Waals surface area contributed by atoms with Gasteiger partial charge in [-0.05, 0) is 36.5 Å². The van der Waals surface area contributed by atoms with E-state index >= 15 is 0 Å². The molecule has 1 aromatic heterocycles. The molecule has 0 fully saturated rings. The van der Waals surface area contributed by atoms with Crippen LogP contribution in [0.15, 0.2) is 42.6 Å². The standard InChI is InChI=1S/C24H24F2N2O3/c1-14(2)10-18-13-27-22(17-11-19(25)24(31-3)20(26)12-17)23(28-18)16-7-4-15(5-8-16)6-9-21(29)30/h4-5,7-8,11-14H,6,9-10H2,1-3H3,(H,29,30). The van der Waals surface area contributed by atoms with Crippen LogP contribution in [0.1, 0.15) is 31.5 Å². The maximum Gasteiger partial charge on any atom is 0.303 e. The molecule has 1 N–H and O–H groups in total. The summed E-state index contributed by atoms with van der Waals surface area (Å²) in [6.45, 7) is 4.14. The first-order chi connectivity index (χ1) is 14.8.